The summed E-state index contributed by atoms with van der Waals surface area (Å²) in [5.41, 5.74) is 0.802. The smallest absolute Gasteiger partial charge is 0.481 e. The van der Waals surface area contributed by atoms with Gasteiger partial charge in [-0.1, -0.05) is 12.1 Å². The van der Waals surface area contributed by atoms with Crippen molar-refractivity contribution in [1.29, 1.82) is 0 Å². The fourth-order valence-corrected chi connectivity index (χ4v) is 1.91. The van der Waals surface area contributed by atoms with E-state index in [0.29, 0.717) is 5.69 Å². The monoisotopic (exact) mass is 289 g/mol. The Hall–Kier alpha value is -1.66. The number of hydrogen-bond donors (Lipinski definition) is 1. The number of hydrogen-bond acceptors (Lipinski definition) is 4. The molecule has 1 saturated heterocycles. The van der Waals surface area contributed by atoms with Gasteiger partial charge in [0, 0.05) is 11.7 Å². The number of rotatable bonds is 4. The summed E-state index contributed by atoms with van der Waals surface area (Å²) in [5.74, 6) is -0.861. The number of aromatic nitrogens is 1. The summed E-state index contributed by atoms with van der Waals surface area (Å²) in [4.78, 5) is 14.7. The molecule has 0 bridgehead atoms. The Morgan fingerprint density at radius 3 is 2.38 bits per heavy atom. The first kappa shape index (κ1) is 15.7. The van der Waals surface area contributed by atoms with Crippen LogP contribution in [0, 0.1) is 0 Å². The third-order valence-electron chi connectivity index (χ3n) is 3.92. The lowest BCUT2D eigenvalue weighted by molar-refractivity contribution is -0.135. The van der Waals surface area contributed by atoms with Crippen molar-refractivity contribution in [1.82, 2.24) is 4.98 Å². The molecule has 0 amide bonds. The van der Waals surface area contributed by atoms with Crippen LogP contribution in [0.2, 0.25) is 0 Å². The summed E-state index contributed by atoms with van der Waals surface area (Å²) >= 11 is 0. The van der Waals surface area contributed by atoms with Crippen LogP contribution in [0.1, 0.15) is 39.8 Å². The minimum atomic E-state index is -0.861. The van der Waals surface area contributed by atoms with Crippen molar-refractivity contribution < 1.29 is 19.2 Å². The van der Waals surface area contributed by atoms with Crippen LogP contribution >= 0.6 is 0 Å². The topological polar surface area (TPSA) is 68.7 Å². The molecular weight excluding hydrogens is 269 g/mol. The number of nitrogens with zero attached hydrogens (tertiary/aromatic N) is 1. The van der Waals surface area contributed by atoms with Crippen molar-refractivity contribution in [3.8, 4) is 0 Å². The lowest BCUT2D eigenvalue weighted by atomic mass is 9.80. The molecule has 6 heteroatoms. The molecule has 1 fully saturated rings. The van der Waals surface area contributed by atoms with E-state index < -0.39 is 13.1 Å². The lowest BCUT2D eigenvalue weighted by Crippen LogP contribution is -2.41. The van der Waals surface area contributed by atoms with E-state index >= 15 is 0 Å². The Bertz CT molecular complexity index is 535. The quantitative estimate of drug-likeness (QED) is 0.857. The van der Waals surface area contributed by atoms with Crippen LogP contribution in [0.3, 0.4) is 0 Å². The van der Waals surface area contributed by atoms with Gasteiger partial charge in [-0.3, -0.25) is 9.78 Å². The molecule has 0 aliphatic carbocycles. The largest absolute Gasteiger partial charge is 0.496 e. The standard InChI is InChI=1S/C15H20BNO4/c1-14(2)15(3,4)21-16(20-14)11-8-9-12(17-10-11)6-5-7-13(18)19/h5-6,8-10H,7H2,1-4H3,(H,18,19). The predicted octanol–water partition coefficient (Wildman–Crippen LogP) is 1.87. The molecule has 0 aromatic carbocycles. The van der Waals surface area contributed by atoms with Gasteiger partial charge in [0.15, 0.2) is 0 Å². The zero-order valence-electron chi connectivity index (χ0n) is 12.8. The third-order valence-corrected chi connectivity index (χ3v) is 3.92. The third kappa shape index (κ3) is 3.51. The zero-order valence-corrected chi connectivity index (χ0v) is 12.8. The summed E-state index contributed by atoms with van der Waals surface area (Å²) in [5, 5.41) is 8.57. The van der Waals surface area contributed by atoms with Gasteiger partial charge in [0.2, 0.25) is 0 Å². The highest BCUT2D eigenvalue weighted by Gasteiger charge is 2.51. The maximum Gasteiger partial charge on any atom is 0.496 e. The van der Waals surface area contributed by atoms with Crippen molar-refractivity contribution in [2.45, 2.75) is 45.3 Å². The van der Waals surface area contributed by atoms with E-state index in [2.05, 4.69) is 4.98 Å². The molecule has 21 heavy (non-hydrogen) atoms. The number of carboxylic acid groups (broad SMARTS) is 1. The molecule has 1 aromatic rings. The summed E-state index contributed by atoms with van der Waals surface area (Å²) in [6.45, 7) is 8.01. The molecule has 0 saturated carbocycles. The van der Waals surface area contributed by atoms with Gasteiger partial charge in [0.05, 0.1) is 23.3 Å². The molecule has 1 aromatic heterocycles. The molecule has 1 N–H and O–H groups in total. The normalized spacial score (nSPS) is 20.1. The van der Waals surface area contributed by atoms with Gasteiger partial charge in [-0.2, -0.15) is 0 Å². The molecule has 1 aliphatic heterocycles. The number of carbonyl (C=O) groups is 1. The van der Waals surface area contributed by atoms with E-state index in [1.54, 1.807) is 18.3 Å². The molecule has 0 unspecified atom stereocenters. The minimum absolute atomic E-state index is 0.0132. The molecular formula is C15H20BNO4. The number of aliphatic carboxylic acids is 1. The Balaban J connectivity index is 2.07. The minimum Gasteiger partial charge on any atom is -0.481 e. The van der Waals surface area contributed by atoms with Crippen LogP contribution in [-0.4, -0.2) is 34.4 Å². The van der Waals surface area contributed by atoms with Crippen molar-refractivity contribution in [2.75, 3.05) is 0 Å². The second-order valence-corrected chi connectivity index (χ2v) is 6.10. The van der Waals surface area contributed by atoms with E-state index in [0.717, 1.165) is 5.46 Å². The summed E-state index contributed by atoms with van der Waals surface area (Å²) < 4.78 is 11.9. The number of carboxylic acids is 1. The highest BCUT2D eigenvalue weighted by Crippen LogP contribution is 2.36. The van der Waals surface area contributed by atoms with E-state index in [4.69, 9.17) is 14.4 Å². The molecule has 2 rings (SSSR count). The van der Waals surface area contributed by atoms with Gasteiger partial charge in [-0.05, 0) is 39.8 Å². The van der Waals surface area contributed by atoms with Crippen LogP contribution in [-0.2, 0) is 14.1 Å². The second-order valence-electron chi connectivity index (χ2n) is 6.10. The number of pyridine rings is 1. The molecule has 5 nitrogen and oxygen atoms in total. The molecule has 112 valence electrons. The molecule has 0 spiro atoms. The maximum absolute atomic E-state index is 10.4. The Labute approximate surface area is 125 Å². The summed E-state index contributed by atoms with van der Waals surface area (Å²) in [6, 6.07) is 3.70. The van der Waals surface area contributed by atoms with Gasteiger partial charge < -0.3 is 14.4 Å². The highest BCUT2D eigenvalue weighted by molar-refractivity contribution is 6.62. The van der Waals surface area contributed by atoms with E-state index in [9.17, 15) is 4.79 Å². The van der Waals surface area contributed by atoms with E-state index in [1.165, 1.54) is 0 Å². The van der Waals surface area contributed by atoms with Gasteiger partial charge in [0.25, 0.3) is 0 Å². The molecule has 0 atom stereocenters. The molecule has 2 heterocycles. The van der Waals surface area contributed by atoms with Gasteiger partial charge in [-0.15, -0.1) is 0 Å². The highest BCUT2D eigenvalue weighted by atomic mass is 16.7. The maximum atomic E-state index is 10.4. The van der Waals surface area contributed by atoms with Gasteiger partial charge >= 0.3 is 13.1 Å². The SMILES string of the molecule is CC1(C)OB(c2ccc(C=CCC(=O)O)nc2)OC1(C)C. The van der Waals surface area contributed by atoms with Crippen LogP contribution in [0.15, 0.2) is 24.4 Å². The average molecular weight is 289 g/mol. The Kier molecular flexibility index (Phi) is 4.21. The van der Waals surface area contributed by atoms with Crippen LogP contribution in [0.5, 0.6) is 0 Å². The first-order valence-corrected chi connectivity index (χ1v) is 6.91. The Morgan fingerprint density at radius 2 is 1.90 bits per heavy atom. The predicted molar refractivity (Wildman–Crippen MR) is 81.2 cm³/mol. The van der Waals surface area contributed by atoms with Gasteiger partial charge in [0.1, 0.15) is 0 Å². The Morgan fingerprint density at radius 1 is 1.29 bits per heavy atom. The first-order chi connectivity index (χ1) is 9.71. The average Bonchev–Trinajstić information content (AvgIpc) is 2.59. The van der Waals surface area contributed by atoms with Crippen LogP contribution in [0.4, 0.5) is 0 Å². The van der Waals surface area contributed by atoms with E-state index in [1.807, 2.05) is 39.8 Å². The van der Waals surface area contributed by atoms with Crippen molar-refractivity contribution in [2.24, 2.45) is 0 Å². The van der Waals surface area contributed by atoms with E-state index in [-0.39, 0.29) is 17.6 Å². The van der Waals surface area contributed by atoms with Crippen molar-refractivity contribution in [3.63, 3.8) is 0 Å². The summed E-state index contributed by atoms with van der Waals surface area (Å²) in [7, 11) is -0.431. The second kappa shape index (κ2) is 5.62. The lowest BCUT2D eigenvalue weighted by Gasteiger charge is -2.32. The fourth-order valence-electron chi connectivity index (χ4n) is 1.91. The summed E-state index contributed by atoms with van der Waals surface area (Å²) in [6.07, 6.45) is 4.94. The van der Waals surface area contributed by atoms with Crippen LogP contribution in [0.25, 0.3) is 6.08 Å². The van der Waals surface area contributed by atoms with Gasteiger partial charge in [-0.25, -0.2) is 0 Å². The zero-order chi connectivity index (χ0) is 15.7. The van der Waals surface area contributed by atoms with Crippen LogP contribution < -0.4 is 5.46 Å². The molecule has 0 radical (unpaired) electrons. The van der Waals surface area contributed by atoms with Crippen molar-refractivity contribution >= 4 is 24.6 Å². The fraction of sp³-hybridized carbons (Fsp3) is 0.467. The molecule has 1 aliphatic rings. The first-order valence-electron chi connectivity index (χ1n) is 6.91. The van der Waals surface area contributed by atoms with Crippen molar-refractivity contribution in [3.05, 3.63) is 30.1 Å².